The fourth-order valence-corrected chi connectivity index (χ4v) is 3.24. The first-order valence-corrected chi connectivity index (χ1v) is 6.41. The molecule has 0 nitrogen and oxygen atoms in total. The summed E-state index contributed by atoms with van der Waals surface area (Å²) in [6, 6.07) is 0. The third-order valence-electron chi connectivity index (χ3n) is 4.40. The molecular weight excluding hydrogens is 168 g/mol. The third-order valence-corrected chi connectivity index (χ3v) is 4.40. The fourth-order valence-electron chi connectivity index (χ4n) is 3.24. The maximum Gasteiger partial charge on any atom is -0.0260 e. The standard InChI is InChI=1S/C14H24/c1-12(2)13-6-10-14(11-7-13)8-4-3-5-9-14/h6,12H,3-5,7-11H2,1-2H3. The summed E-state index contributed by atoms with van der Waals surface area (Å²) in [6.07, 6.45) is 14.3. The van der Waals surface area contributed by atoms with Crippen LogP contribution in [0.3, 0.4) is 0 Å². The van der Waals surface area contributed by atoms with Crippen molar-refractivity contribution in [2.24, 2.45) is 11.3 Å². The van der Waals surface area contributed by atoms with Crippen LogP contribution >= 0.6 is 0 Å². The highest BCUT2D eigenvalue weighted by atomic mass is 14.4. The van der Waals surface area contributed by atoms with Crippen molar-refractivity contribution in [1.82, 2.24) is 0 Å². The fraction of sp³-hybridized carbons (Fsp3) is 0.857. The molecule has 0 atom stereocenters. The summed E-state index contributed by atoms with van der Waals surface area (Å²) in [6.45, 7) is 4.68. The van der Waals surface area contributed by atoms with Gasteiger partial charge >= 0.3 is 0 Å². The summed E-state index contributed by atoms with van der Waals surface area (Å²) in [5.41, 5.74) is 2.47. The summed E-state index contributed by atoms with van der Waals surface area (Å²) in [5.74, 6) is 0.788. The number of hydrogen-bond donors (Lipinski definition) is 0. The van der Waals surface area contributed by atoms with Gasteiger partial charge in [0.2, 0.25) is 0 Å². The van der Waals surface area contributed by atoms with E-state index in [1.807, 2.05) is 0 Å². The number of hydrogen-bond acceptors (Lipinski definition) is 0. The normalized spacial score (nSPS) is 26.6. The molecule has 1 spiro atoms. The molecule has 0 unspecified atom stereocenters. The largest absolute Gasteiger partial charge is 0.0845 e. The predicted octanol–water partition coefficient (Wildman–Crippen LogP) is 4.70. The summed E-state index contributed by atoms with van der Waals surface area (Å²) in [5, 5.41) is 0. The van der Waals surface area contributed by atoms with E-state index in [4.69, 9.17) is 0 Å². The smallest absolute Gasteiger partial charge is 0.0260 e. The maximum atomic E-state index is 2.57. The first kappa shape index (κ1) is 10.3. The molecule has 1 fully saturated rings. The van der Waals surface area contributed by atoms with Gasteiger partial charge < -0.3 is 0 Å². The monoisotopic (exact) mass is 192 g/mol. The Hall–Kier alpha value is -0.260. The Balaban J connectivity index is 1.99. The minimum Gasteiger partial charge on any atom is -0.0845 e. The minimum absolute atomic E-state index is 0.747. The van der Waals surface area contributed by atoms with Crippen molar-refractivity contribution in [3.8, 4) is 0 Å². The molecule has 80 valence electrons. The van der Waals surface area contributed by atoms with Gasteiger partial charge in [0.1, 0.15) is 0 Å². The molecule has 0 amide bonds. The average molecular weight is 192 g/mol. The third kappa shape index (κ3) is 2.04. The molecule has 2 aliphatic carbocycles. The Kier molecular flexibility index (Phi) is 2.99. The van der Waals surface area contributed by atoms with E-state index >= 15 is 0 Å². The number of allylic oxidation sites excluding steroid dienone is 2. The Bertz CT molecular complexity index is 216. The summed E-state index contributed by atoms with van der Waals surface area (Å²) >= 11 is 0. The van der Waals surface area contributed by atoms with Crippen molar-refractivity contribution >= 4 is 0 Å². The first-order chi connectivity index (χ1) is 6.72. The Morgan fingerprint density at radius 3 is 2.29 bits per heavy atom. The zero-order valence-corrected chi connectivity index (χ0v) is 9.81. The van der Waals surface area contributed by atoms with Crippen LogP contribution in [0.1, 0.15) is 65.2 Å². The molecule has 0 heteroatoms. The zero-order chi connectivity index (χ0) is 10.0. The lowest BCUT2D eigenvalue weighted by molar-refractivity contribution is 0.165. The van der Waals surface area contributed by atoms with Gasteiger partial charge in [0.25, 0.3) is 0 Å². The summed E-state index contributed by atoms with van der Waals surface area (Å²) in [7, 11) is 0. The molecule has 0 N–H and O–H groups in total. The van der Waals surface area contributed by atoms with Gasteiger partial charge in [-0.3, -0.25) is 0 Å². The molecule has 0 radical (unpaired) electrons. The molecule has 0 aromatic heterocycles. The molecule has 2 rings (SSSR count). The van der Waals surface area contributed by atoms with Gasteiger partial charge in [-0.15, -0.1) is 0 Å². The lowest BCUT2D eigenvalue weighted by Gasteiger charge is -2.40. The van der Waals surface area contributed by atoms with Crippen molar-refractivity contribution in [1.29, 1.82) is 0 Å². The SMILES string of the molecule is CC(C)C1=CCC2(CCCCC2)CC1. The molecule has 14 heavy (non-hydrogen) atoms. The quantitative estimate of drug-likeness (QED) is 0.528. The molecule has 0 bridgehead atoms. The second-order valence-electron chi connectivity index (χ2n) is 5.70. The van der Waals surface area contributed by atoms with Gasteiger partial charge in [-0.1, -0.05) is 44.8 Å². The van der Waals surface area contributed by atoms with Crippen molar-refractivity contribution in [2.45, 2.75) is 65.2 Å². The van der Waals surface area contributed by atoms with Gasteiger partial charge in [0, 0.05) is 0 Å². The molecule has 2 aliphatic rings. The van der Waals surface area contributed by atoms with Crippen molar-refractivity contribution < 1.29 is 0 Å². The van der Waals surface area contributed by atoms with Crippen LogP contribution in [0.2, 0.25) is 0 Å². The Labute approximate surface area is 88.8 Å². The number of rotatable bonds is 1. The molecule has 0 heterocycles. The second kappa shape index (κ2) is 4.08. The first-order valence-electron chi connectivity index (χ1n) is 6.41. The highest BCUT2D eigenvalue weighted by Crippen LogP contribution is 2.47. The van der Waals surface area contributed by atoms with E-state index in [0.717, 1.165) is 11.3 Å². The lowest BCUT2D eigenvalue weighted by atomic mass is 9.65. The maximum absolute atomic E-state index is 2.57. The van der Waals surface area contributed by atoms with E-state index in [-0.39, 0.29) is 0 Å². The van der Waals surface area contributed by atoms with Gasteiger partial charge in [0.05, 0.1) is 0 Å². The zero-order valence-electron chi connectivity index (χ0n) is 9.81. The lowest BCUT2D eigenvalue weighted by Crippen LogP contribution is -2.26. The second-order valence-corrected chi connectivity index (χ2v) is 5.70. The van der Waals surface area contributed by atoms with Crippen LogP contribution in [0, 0.1) is 11.3 Å². The van der Waals surface area contributed by atoms with Gasteiger partial charge in [-0.05, 0) is 43.4 Å². The Morgan fingerprint density at radius 2 is 1.79 bits per heavy atom. The van der Waals surface area contributed by atoms with Crippen LogP contribution in [0.5, 0.6) is 0 Å². The topological polar surface area (TPSA) is 0 Å². The van der Waals surface area contributed by atoms with Crippen LogP contribution in [-0.4, -0.2) is 0 Å². The van der Waals surface area contributed by atoms with Gasteiger partial charge in [0.15, 0.2) is 0 Å². The van der Waals surface area contributed by atoms with E-state index in [0.29, 0.717) is 0 Å². The molecule has 0 aliphatic heterocycles. The average Bonchev–Trinajstić information content (AvgIpc) is 2.19. The summed E-state index contributed by atoms with van der Waals surface area (Å²) in [4.78, 5) is 0. The van der Waals surface area contributed by atoms with Crippen molar-refractivity contribution in [3.63, 3.8) is 0 Å². The van der Waals surface area contributed by atoms with Crippen LogP contribution in [0.4, 0.5) is 0 Å². The van der Waals surface area contributed by atoms with Crippen LogP contribution in [-0.2, 0) is 0 Å². The van der Waals surface area contributed by atoms with Crippen LogP contribution in [0.25, 0.3) is 0 Å². The minimum atomic E-state index is 0.747. The van der Waals surface area contributed by atoms with E-state index < -0.39 is 0 Å². The molecule has 0 aromatic rings. The van der Waals surface area contributed by atoms with E-state index in [1.54, 1.807) is 5.57 Å². The molecule has 0 aromatic carbocycles. The van der Waals surface area contributed by atoms with Gasteiger partial charge in [-0.2, -0.15) is 0 Å². The Morgan fingerprint density at radius 1 is 1.07 bits per heavy atom. The highest BCUT2D eigenvalue weighted by Gasteiger charge is 2.33. The van der Waals surface area contributed by atoms with E-state index in [1.165, 1.54) is 51.4 Å². The molecule has 0 saturated heterocycles. The van der Waals surface area contributed by atoms with Crippen LogP contribution < -0.4 is 0 Å². The van der Waals surface area contributed by atoms with Gasteiger partial charge in [-0.25, -0.2) is 0 Å². The predicted molar refractivity (Wildman–Crippen MR) is 62.3 cm³/mol. The molecule has 1 saturated carbocycles. The van der Waals surface area contributed by atoms with E-state index in [9.17, 15) is 0 Å². The van der Waals surface area contributed by atoms with Crippen molar-refractivity contribution in [2.75, 3.05) is 0 Å². The van der Waals surface area contributed by atoms with E-state index in [2.05, 4.69) is 19.9 Å². The summed E-state index contributed by atoms with van der Waals surface area (Å²) < 4.78 is 0. The van der Waals surface area contributed by atoms with Crippen molar-refractivity contribution in [3.05, 3.63) is 11.6 Å². The van der Waals surface area contributed by atoms with Crippen LogP contribution in [0.15, 0.2) is 11.6 Å². The molecular formula is C14H24. The highest BCUT2D eigenvalue weighted by molar-refractivity contribution is 5.12.